The SMILES string of the molecule is CCOCCOc1cc(C#N)c2c3c([nH]c2c1C)[C@@](CC(=O)O)(C(C)CC)OCC3. The minimum Gasteiger partial charge on any atom is -0.491 e. The first-order chi connectivity index (χ1) is 14.4. The third-order valence-electron chi connectivity index (χ3n) is 6.16. The molecule has 3 rings (SSSR count). The number of ether oxygens (including phenoxy) is 3. The Hall–Kier alpha value is -2.56. The topological polar surface area (TPSA) is 105 Å². The fraction of sp³-hybridized carbons (Fsp3) is 0.565. The first kappa shape index (κ1) is 22.1. The van der Waals surface area contributed by atoms with Crippen LogP contribution in [0, 0.1) is 24.2 Å². The monoisotopic (exact) mass is 414 g/mol. The van der Waals surface area contributed by atoms with Crippen molar-refractivity contribution in [3.8, 4) is 11.8 Å². The maximum Gasteiger partial charge on any atom is 0.306 e. The molecule has 30 heavy (non-hydrogen) atoms. The predicted molar refractivity (Wildman–Crippen MR) is 113 cm³/mol. The summed E-state index contributed by atoms with van der Waals surface area (Å²) in [5.41, 5.74) is 3.06. The van der Waals surface area contributed by atoms with Crippen LogP contribution >= 0.6 is 0 Å². The van der Waals surface area contributed by atoms with Gasteiger partial charge in [0.2, 0.25) is 0 Å². The average molecular weight is 415 g/mol. The molecule has 2 atom stereocenters. The van der Waals surface area contributed by atoms with Crippen molar-refractivity contribution in [3.63, 3.8) is 0 Å². The number of fused-ring (bicyclic) bond motifs is 3. The number of nitrogens with one attached hydrogen (secondary N) is 1. The van der Waals surface area contributed by atoms with Crippen molar-refractivity contribution in [3.05, 3.63) is 28.5 Å². The van der Waals surface area contributed by atoms with Crippen LogP contribution in [0.25, 0.3) is 10.9 Å². The summed E-state index contributed by atoms with van der Waals surface area (Å²) in [6, 6.07) is 4.07. The highest BCUT2D eigenvalue weighted by molar-refractivity contribution is 5.94. The van der Waals surface area contributed by atoms with Gasteiger partial charge < -0.3 is 24.3 Å². The van der Waals surface area contributed by atoms with E-state index < -0.39 is 11.6 Å². The van der Waals surface area contributed by atoms with Gasteiger partial charge in [0, 0.05) is 17.6 Å². The van der Waals surface area contributed by atoms with E-state index in [9.17, 15) is 15.2 Å². The van der Waals surface area contributed by atoms with Gasteiger partial charge >= 0.3 is 5.97 Å². The Morgan fingerprint density at radius 1 is 1.43 bits per heavy atom. The van der Waals surface area contributed by atoms with Gasteiger partial charge in [0.1, 0.15) is 18.0 Å². The number of aromatic amines is 1. The lowest BCUT2D eigenvalue weighted by molar-refractivity contribution is -0.155. The number of aromatic nitrogens is 1. The quantitative estimate of drug-likeness (QED) is 0.600. The van der Waals surface area contributed by atoms with Crippen molar-refractivity contribution < 1.29 is 24.1 Å². The summed E-state index contributed by atoms with van der Waals surface area (Å²) in [5.74, 6) is -0.280. The van der Waals surface area contributed by atoms with Crippen molar-refractivity contribution in [2.24, 2.45) is 5.92 Å². The van der Waals surface area contributed by atoms with Gasteiger partial charge in [0.05, 0.1) is 42.5 Å². The minimum atomic E-state index is -0.942. The van der Waals surface area contributed by atoms with E-state index in [1.807, 2.05) is 27.7 Å². The number of nitriles is 1. The second-order valence-electron chi connectivity index (χ2n) is 7.80. The highest BCUT2D eigenvalue weighted by atomic mass is 16.5. The number of hydrogen-bond donors (Lipinski definition) is 2. The van der Waals surface area contributed by atoms with Gasteiger partial charge in [-0.1, -0.05) is 20.3 Å². The van der Waals surface area contributed by atoms with Gasteiger partial charge in [-0.3, -0.25) is 4.79 Å². The van der Waals surface area contributed by atoms with E-state index in [2.05, 4.69) is 11.1 Å². The summed E-state index contributed by atoms with van der Waals surface area (Å²) >= 11 is 0. The van der Waals surface area contributed by atoms with Gasteiger partial charge in [0.25, 0.3) is 0 Å². The Balaban J connectivity index is 2.18. The molecule has 0 aliphatic carbocycles. The molecule has 1 aromatic carbocycles. The minimum absolute atomic E-state index is 0.00605. The van der Waals surface area contributed by atoms with Crippen LogP contribution in [0.5, 0.6) is 5.75 Å². The molecule has 0 saturated carbocycles. The molecule has 0 bridgehead atoms. The molecule has 162 valence electrons. The van der Waals surface area contributed by atoms with E-state index in [0.29, 0.717) is 44.2 Å². The maximum atomic E-state index is 11.8. The standard InChI is InChI=1S/C23H30N2O5/c1-5-14(3)23(12-19(26)27)22-17(7-8-30-23)20-16(13-24)11-18(15(4)21(20)25-22)29-10-9-28-6-2/h11,14,25H,5-10,12H2,1-4H3,(H,26,27)/t14?,23-/m1/s1. The van der Waals surface area contributed by atoms with E-state index in [1.54, 1.807) is 6.07 Å². The molecule has 0 radical (unpaired) electrons. The van der Waals surface area contributed by atoms with Crippen molar-refractivity contribution in [1.82, 2.24) is 4.98 Å². The van der Waals surface area contributed by atoms with Crippen LogP contribution in [0.4, 0.5) is 0 Å². The number of aryl methyl sites for hydroxylation is 1. The van der Waals surface area contributed by atoms with Crippen molar-refractivity contribution in [2.75, 3.05) is 26.4 Å². The molecule has 0 saturated heterocycles. The number of carbonyl (C=O) groups is 1. The molecule has 0 spiro atoms. The van der Waals surface area contributed by atoms with E-state index in [1.165, 1.54) is 0 Å². The smallest absolute Gasteiger partial charge is 0.306 e. The third kappa shape index (κ3) is 3.78. The van der Waals surface area contributed by atoms with E-state index in [0.717, 1.165) is 34.1 Å². The molecule has 1 unspecified atom stereocenters. The first-order valence-electron chi connectivity index (χ1n) is 10.5. The van der Waals surface area contributed by atoms with Crippen LogP contribution in [-0.2, 0) is 26.3 Å². The fourth-order valence-corrected chi connectivity index (χ4v) is 4.42. The largest absolute Gasteiger partial charge is 0.491 e. The fourth-order valence-electron chi connectivity index (χ4n) is 4.42. The molecular formula is C23H30N2O5. The van der Waals surface area contributed by atoms with Crippen LogP contribution in [0.15, 0.2) is 6.07 Å². The molecule has 2 N–H and O–H groups in total. The summed E-state index contributed by atoms with van der Waals surface area (Å²) in [7, 11) is 0. The second-order valence-corrected chi connectivity index (χ2v) is 7.80. The number of hydrogen-bond acceptors (Lipinski definition) is 5. The Labute approximate surface area is 176 Å². The number of H-pyrrole nitrogens is 1. The number of carboxylic acid groups (broad SMARTS) is 1. The number of carboxylic acids is 1. The van der Waals surface area contributed by atoms with Gasteiger partial charge in [0.15, 0.2) is 0 Å². The van der Waals surface area contributed by atoms with Crippen LogP contribution < -0.4 is 4.74 Å². The van der Waals surface area contributed by atoms with Gasteiger partial charge in [-0.25, -0.2) is 0 Å². The molecule has 7 nitrogen and oxygen atoms in total. The number of rotatable bonds is 9. The molecule has 7 heteroatoms. The predicted octanol–water partition coefficient (Wildman–Crippen LogP) is 4.05. The second kappa shape index (κ2) is 9.07. The molecule has 1 aliphatic heterocycles. The number of aliphatic carboxylic acids is 1. The Bertz CT molecular complexity index is 974. The van der Waals surface area contributed by atoms with Crippen molar-refractivity contribution >= 4 is 16.9 Å². The zero-order chi connectivity index (χ0) is 21.9. The maximum absolute atomic E-state index is 11.8. The van der Waals surface area contributed by atoms with Crippen molar-refractivity contribution in [2.45, 2.75) is 52.6 Å². The normalized spacial score (nSPS) is 19.3. The molecule has 0 fully saturated rings. The van der Waals surface area contributed by atoms with Crippen LogP contribution in [0.1, 0.15) is 56.0 Å². The van der Waals surface area contributed by atoms with Crippen molar-refractivity contribution in [1.29, 1.82) is 5.26 Å². The first-order valence-corrected chi connectivity index (χ1v) is 10.5. The molecule has 2 heterocycles. The van der Waals surface area contributed by atoms with Crippen LogP contribution in [0.2, 0.25) is 0 Å². The van der Waals surface area contributed by atoms with Gasteiger partial charge in [-0.05, 0) is 37.8 Å². The molecular weight excluding hydrogens is 384 g/mol. The summed E-state index contributed by atoms with van der Waals surface area (Å²) in [6.45, 7) is 9.84. The highest BCUT2D eigenvalue weighted by Gasteiger charge is 2.46. The Kier molecular flexibility index (Phi) is 6.69. The summed E-state index contributed by atoms with van der Waals surface area (Å²) in [6.07, 6.45) is 1.28. The number of benzene rings is 1. The molecule has 2 aromatic rings. The summed E-state index contributed by atoms with van der Waals surface area (Å²) in [5, 5.41) is 20.3. The highest BCUT2D eigenvalue weighted by Crippen LogP contribution is 2.47. The Morgan fingerprint density at radius 3 is 2.83 bits per heavy atom. The van der Waals surface area contributed by atoms with Gasteiger partial charge in [-0.15, -0.1) is 0 Å². The van der Waals surface area contributed by atoms with Crippen LogP contribution in [0.3, 0.4) is 0 Å². The van der Waals surface area contributed by atoms with E-state index in [-0.39, 0.29) is 12.3 Å². The summed E-state index contributed by atoms with van der Waals surface area (Å²) < 4.78 is 17.4. The lowest BCUT2D eigenvalue weighted by atomic mass is 9.77. The van der Waals surface area contributed by atoms with E-state index in [4.69, 9.17) is 14.2 Å². The Morgan fingerprint density at radius 2 is 2.20 bits per heavy atom. The van der Waals surface area contributed by atoms with Gasteiger partial charge in [-0.2, -0.15) is 5.26 Å². The average Bonchev–Trinajstić information content (AvgIpc) is 3.13. The summed E-state index contributed by atoms with van der Waals surface area (Å²) in [4.78, 5) is 15.2. The lowest BCUT2D eigenvalue weighted by Gasteiger charge is -2.40. The van der Waals surface area contributed by atoms with E-state index >= 15 is 0 Å². The zero-order valence-electron chi connectivity index (χ0n) is 18.1. The zero-order valence-corrected chi connectivity index (χ0v) is 18.1. The molecule has 1 aliphatic rings. The lowest BCUT2D eigenvalue weighted by Crippen LogP contribution is -2.43. The molecule has 1 aromatic heterocycles. The third-order valence-corrected chi connectivity index (χ3v) is 6.16. The van der Waals surface area contributed by atoms with Crippen LogP contribution in [-0.4, -0.2) is 42.5 Å². The number of nitrogens with zero attached hydrogens (tertiary/aromatic N) is 1. The molecule has 0 amide bonds.